The SMILES string of the molecule is Fc1ccc(Nc2nc(-c3ccc(F)c(Cl)c3)cs2)cc1. The number of nitrogens with zero attached hydrogens (tertiary/aromatic N) is 1. The first kappa shape index (κ1) is 14.0. The average Bonchev–Trinajstić information content (AvgIpc) is 2.93. The minimum atomic E-state index is -0.458. The highest BCUT2D eigenvalue weighted by Crippen LogP contribution is 2.29. The predicted octanol–water partition coefficient (Wildman–Crippen LogP) is 5.49. The van der Waals surface area contributed by atoms with Crippen LogP contribution in [0.15, 0.2) is 47.8 Å². The molecular formula is C15H9ClF2N2S. The number of thiazole rings is 1. The third-order valence-electron chi connectivity index (χ3n) is 2.82. The Kier molecular flexibility index (Phi) is 3.86. The Morgan fingerprint density at radius 3 is 2.52 bits per heavy atom. The van der Waals surface area contributed by atoms with Crippen LogP contribution in [0.5, 0.6) is 0 Å². The van der Waals surface area contributed by atoms with Crippen LogP contribution in [0.1, 0.15) is 0 Å². The van der Waals surface area contributed by atoms with Gasteiger partial charge in [0.1, 0.15) is 11.6 Å². The van der Waals surface area contributed by atoms with E-state index in [1.54, 1.807) is 18.2 Å². The lowest BCUT2D eigenvalue weighted by molar-refractivity contribution is 0.628. The molecule has 1 heterocycles. The van der Waals surface area contributed by atoms with Gasteiger partial charge >= 0.3 is 0 Å². The zero-order valence-corrected chi connectivity index (χ0v) is 12.2. The van der Waals surface area contributed by atoms with Gasteiger partial charge in [0, 0.05) is 16.6 Å². The molecule has 0 atom stereocenters. The first-order chi connectivity index (χ1) is 10.1. The summed E-state index contributed by atoms with van der Waals surface area (Å²) >= 11 is 7.17. The molecule has 3 aromatic rings. The molecule has 0 saturated heterocycles. The van der Waals surface area contributed by atoms with Gasteiger partial charge in [-0.25, -0.2) is 13.8 Å². The molecule has 21 heavy (non-hydrogen) atoms. The van der Waals surface area contributed by atoms with Crippen LogP contribution in [0.25, 0.3) is 11.3 Å². The summed E-state index contributed by atoms with van der Waals surface area (Å²) in [4.78, 5) is 4.40. The lowest BCUT2D eigenvalue weighted by Crippen LogP contribution is -1.89. The molecule has 2 nitrogen and oxygen atoms in total. The molecule has 1 N–H and O–H groups in total. The normalized spacial score (nSPS) is 10.6. The van der Waals surface area contributed by atoms with E-state index in [1.807, 2.05) is 5.38 Å². The highest BCUT2D eigenvalue weighted by molar-refractivity contribution is 7.14. The van der Waals surface area contributed by atoms with Crippen LogP contribution < -0.4 is 5.32 Å². The predicted molar refractivity (Wildman–Crippen MR) is 82.2 cm³/mol. The lowest BCUT2D eigenvalue weighted by Gasteiger charge is -2.02. The maximum Gasteiger partial charge on any atom is 0.187 e. The molecule has 0 aliphatic heterocycles. The Hall–Kier alpha value is -1.98. The monoisotopic (exact) mass is 322 g/mol. The number of anilines is 2. The molecule has 2 aromatic carbocycles. The maximum atomic E-state index is 13.1. The van der Waals surface area contributed by atoms with Crippen molar-refractivity contribution in [3.05, 3.63) is 64.5 Å². The number of halogens is 3. The molecule has 3 rings (SSSR count). The van der Waals surface area contributed by atoms with Gasteiger partial charge in [-0.1, -0.05) is 11.6 Å². The Bertz CT molecular complexity index is 772. The Balaban J connectivity index is 1.82. The summed E-state index contributed by atoms with van der Waals surface area (Å²) in [7, 11) is 0. The molecule has 0 fully saturated rings. The third-order valence-corrected chi connectivity index (χ3v) is 3.86. The fraction of sp³-hybridized carbons (Fsp3) is 0. The van der Waals surface area contributed by atoms with Crippen LogP contribution >= 0.6 is 22.9 Å². The second-order valence-electron chi connectivity index (χ2n) is 4.30. The van der Waals surface area contributed by atoms with Gasteiger partial charge in [0.05, 0.1) is 10.7 Å². The molecule has 0 radical (unpaired) electrons. The maximum absolute atomic E-state index is 13.1. The largest absolute Gasteiger partial charge is 0.332 e. The van der Waals surface area contributed by atoms with Gasteiger partial charge in [0.15, 0.2) is 5.13 Å². The minimum Gasteiger partial charge on any atom is -0.332 e. The van der Waals surface area contributed by atoms with Gasteiger partial charge < -0.3 is 5.32 Å². The quantitative estimate of drug-likeness (QED) is 0.690. The van der Waals surface area contributed by atoms with Gasteiger partial charge in [-0.3, -0.25) is 0 Å². The van der Waals surface area contributed by atoms with E-state index in [0.717, 1.165) is 11.3 Å². The van der Waals surface area contributed by atoms with E-state index < -0.39 is 5.82 Å². The van der Waals surface area contributed by atoms with E-state index in [4.69, 9.17) is 11.6 Å². The molecule has 106 valence electrons. The van der Waals surface area contributed by atoms with Crippen molar-refractivity contribution in [3.8, 4) is 11.3 Å². The third kappa shape index (κ3) is 3.20. The fourth-order valence-corrected chi connectivity index (χ4v) is 2.70. The molecule has 6 heteroatoms. The molecule has 1 aromatic heterocycles. The summed E-state index contributed by atoms with van der Waals surface area (Å²) in [6.07, 6.45) is 0. The number of benzene rings is 2. The summed E-state index contributed by atoms with van der Waals surface area (Å²) in [5.41, 5.74) is 2.19. The first-order valence-electron chi connectivity index (χ1n) is 6.05. The summed E-state index contributed by atoms with van der Waals surface area (Å²) in [5, 5.41) is 5.65. The summed E-state index contributed by atoms with van der Waals surface area (Å²) < 4.78 is 26.0. The van der Waals surface area contributed by atoms with Crippen LogP contribution in [0.2, 0.25) is 5.02 Å². The van der Waals surface area contributed by atoms with Crippen molar-refractivity contribution in [1.29, 1.82) is 0 Å². The zero-order chi connectivity index (χ0) is 14.8. The van der Waals surface area contributed by atoms with Crippen molar-refractivity contribution >= 4 is 33.8 Å². The van der Waals surface area contributed by atoms with E-state index in [1.165, 1.54) is 35.6 Å². The second kappa shape index (κ2) is 5.79. The Morgan fingerprint density at radius 1 is 1.05 bits per heavy atom. The van der Waals surface area contributed by atoms with Crippen molar-refractivity contribution in [2.24, 2.45) is 0 Å². The van der Waals surface area contributed by atoms with Crippen LogP contribution in [0, 0.1) is 11.6 Å². The van der Waals surface area contributed by atoms with Crippen molar-refractivity contribution in [2.45, 2.75) is 0 Å². The summed E-state index contributed by atoms with van der Waals surface area (Å²) in [5.74, 6) is -0.748. The van der Waals surface area contributed by atoms with E-state index in [0.29, 0.717) is 10.8 Å². The lowest BCUT2D eigenvalue weighted by atomic mass is 10.2. The number of nitrogens with one attached hydrogen (secondary N) is 1. The molecular weight excluding hydrogens is 314 g/mol. The van der Waals surface area contributed by atoms with Gasteiger partial charge in [-0.15, -0.1) is 11.3 Å². The van der Waals surface area contributed by atoms with Crippen molar-refractivity contribution in [1.82, 2.24) is 4.98 Å². The fourth-order valence-electron chi connectivity index (χ4n) is 1.78. The molecule has 0 amide bonds. The summed E-state index contributed by atoms with van der Waals surface area (Å²) in [6.45, 7) is 0. The Labute approximate surface area is 129 Å². The van der Waals surface area contributed by atoms with Gasteiger partial charge in [0.25, 0.3) is 0 Å². The van der Waals surface area contributed by atoms with E-state index in [9.17, 15) is 8.78 Å². The number of rotatable bonds is 3. The highest BCUT2D eigenvalue weighted by Gasteiger charge is 2.07. The smallest absolute Gasteiger partial charge is 0.187 e. The molecule has 0 aliphatic carbocycles. The minimum absolute atomic E-state index is 0.0635. The van der Waals surface area contributed by atoms with Crippen LogP contribution in [0.4, 0.5) is 19.6 Å². The number of hydrogen-bond donors (Lipinski definition) is 1. The van der Waals surface area contributed by atoms with Gasteiger partial charge in [0.2, 0.25) is 0 Å². The zero-order valence-electron chi connectivity index (χ0n) is 10.6. The molecule has 0 saturated carbocycles. The molecule has 0 aliphatic rings. The van der Waals surface area contributed by atoms with Crippen molar-refractivity contribution in [2.75, 3.05) is 5.32 Å². The van der Waals surface area contributed by atoms with Crippen LogP contribution in [0.3, 0.4) is 0 Å². The van der Waals surface area contributed by atoms with Crippen LogP contribution in [-0.2, 0) is 0 Å². The standard InChI is InChI=1S/C15H9ClF2N2S/c16-12-7-9(1-6-13(12)18)14-8-21-15(20-14)19-11-4-2-10(17)3-5-11/h1-8H,(H,19,20). The average molecular weight is 323 g/mol. The van der Waals surface area contributed by atoms with Crippen molar-refractivity contribution in [3.63, 3.8) is 0 Å². The van der Waals surface area contributed by atoms with Crippen LogP contribution in [-0.4, -0.2) is 4.98 Å². The van der Waals surface area contributed by atoms with E-state index >= 15 is 0 Å². The number of hydrogen-bond acceptors (Lipinski definition) is 3. The van der Waals surface area contributed by atoms with Gasteiger partial charge in [-0.05, 0) is 42.5 Å². The molecule has 0 unspecified atom stereocenters. The Morgan fingerprint density at radius 2 is 1.81 bits per heavy atom. The van der Waals surface area contributed by atoms with E-state index in [-0.39, 0.29) is 10.8 Å². The van der Waals surface area contributed by atoms with E-state index in [2.05, 4.69) is 10.3 Å². The van der Waals surface area contributed by atoms with Crippen molar-refractivity contribution < 1.29 is 8.78 Å². The topological polar surface area (TPSA) is 24.9 Å². The molecule has 0 spiro atoms. The molecule has 0 bridgehead atoms. The summed E-state index contributed by atoms with van der Waals surface area (Å²) in [6, 6.07) is 10.5. The second-order valence-corrected chi connectivity index (χ2v) is 5.56. The van der Waals surface area contributed by atoms with Gasteiger partial charge in [-0.2, -0.15) is 0 Å². The number of aromatic nitrogens is 1. The first-order valence-corrected chi connectivity index (χ1v) is 7.31. The highest BCUT2D eigenvalue weighted by atomic mass is 35.5.